The molecule has 4 N–H and O–H groups in total. The number of nitrogens with two attached hydrogens (primary N) is 1. The van der Waals surface area contributed by atoms with Gasteiger partial charge in [-0.05, 0) is 129 Å². The predicted molar refractivity (Wildman–Crippen MR) is 194 cm³/mol. The van der Waals surface area contributed by atoms with E-state index in [0.717, 1.165) is 55.6 Å². The number of rotatable bonds is 9. The van der Waals surface area contributed by atoms with Crippen molar-refractivity contribution in [2.45, 2.75) is 90.3 Å². The van der Waals surface area contributed by atoms with E-state index in [-0.39, 0.29) is 46.1 Å². The lowest BCUT2D eigenvalue weighted by molar-refractivity contribution is -0.195. The topological polar surface area (TPSA) is 131 Å². The number of benzene rings is 1. The maximum atomic E-state index is 14.0. The molecule has 1 amide bonds. The third-order valence-electron chi connectivity index (χ3n) is 12.2. The van der Waals surface area contributed by atoms with Gasteiger partial charge in [-0.2, -0.15) is 11.8 Å². The van der Waals surface area contributed by atoms with E-state index in [1.165, 1.54) is 17.3 Å². The van der Waals surface area contributed by atoms with Crippen molar-refractivity contribution in [3.05, 3.63) is 53.3 Å². The van der Waals surface area contributed by atoms with Crippen LogP contribution in [-0.4, -0.2) is 63.8 Å². The summed E-state index contributed by atoms with van der Waals surface area (Å²) in [5, 5.41) is 15.2. The van der Waals surface area contributed by atoms with Gasteiger partial charge in [0.15, 0.2) is 5.60 Å². The average Bonchev–Trinajstić information content (AvgIpc) is 3.88. The van der Waals surface area contributed by atoms with Crippen LogP contribution in [0.1, 0.15) is 88.9 Å². The molecule has 1 aromatic carbocycles. The van der Waals surface area contributed by atoms with Gasteiger partial charge in [0.1, 0.15) is 0 Å². The van der Waals surface area contributed by atoms with E-state index < -0.39 is 17.1 Å². The summed E-state index contributed by atoms with van der Waals surface area (Å²) in [6.45, 7) is 6.97. The van der Waals surface area contributed by atoms with E-state index in [4.69, 9.17) is 15.5 Å². The normalized spacial score (nSPS) is 36.0. The number of aliphatic hydroxyl groups is 1. The summed E-state index contributed by atoms with van der Waals surface area (Å²) >= 11 is 2.94. The molecule has 260 valence electrons. The molecule has 7 unspecified atom stereocenters. The van der Waals surface area contributed by atoms with Crippen LogP contribution in [0.25, 0.3) is 0 Å². The van der Waals surface area contributed by atoms with Crippen molar-refractivity contribution in [2.75, 3.05) is 24.3 Å². The maximum Gasteiger partial charge on any atom is 0.309 e. The number of carbonyl (C=O) groups is 3. The van der Waals surface area contributed by atoms with Gasteiger partial charge in [-0.25, -0.2) is 4.99 Å². The van der Waals surface area contributed by atoms with Crippen LogP contribution >= 0.6 is 23.5 Å². The Labute approximate surface area is 293 Å². The highest BCUT2D eigenvalue weighted by atomic mass is 32.2. The van der Waals surface area contributed by atoms with Crippen LogP contribution in [-0.2, 0) is 14.3 Å². The van der Waals surface area contributed by atoms with Gasteiger partial charge in [-0.1, -0.05) is 44.2 Å². The highest BCUT2D eigenvalue weighted by Gasteiger charge is 2.70. The Morgan fingerprint density at radius 1 is 1.19 bits per heavy atom. The lowest BCUT2D eigenvalue weighted by atomic mass is 9.49. The SMILES string of the molecule is CCSC(=O)C1(OC(=O)C2CC2)CCC2C3CCCC4=CC(=Nc5cccc(C(=O)NCCSC)c5)C(=CN)CC4(C)C3C(O)CC21C. The lowest BCUT2D eigenvalue weighted by Gasteiger charge is -2.57. The fraction of sp³-hybridized carbons (Fsp3) is 0.632. The molecule has 5 aliphatic carbocycles. The number of thioether (sulfide) groups is 2. The molecule has 0 bridgehead atoms. The van der Waals surface area contributed by atoms with Crippen LogP contribution < -0.4 is 11.1 Å². The number of nitrogens with zero attached hydrogens (tertiary/aromatic N) is 1. The van der Waals surface area contributed by atoms with E-state index in [1.807, 2.05) is 31.4 Å². The number of aliphatic hydroxyl groups excluding tert-OH is 1. The summed E-state index contributed by atoms with van der Waals surface area (Å²) in [6.07, 6.45) is 12.0. The van der Waals surface area contributed by atoms with Crippen molar-refractivity contribution in [1.29, 1.82) is 0 Å². The first-order valence-electron chi connectivity index (χ1n) is 17.7. The van der Waals surface area contributed by atoms with Gasteiger partial charge < -0.3 is 20.9 Å². The van der Waals surface area contributed by atoms with Crippen LogP contribution in [0.5, 0.6) is 0 Å². The second kappa shape index (κ2) is 14.0. The average molecular weight is 694 g/mol. The maximum absolute atomic E-state index is 14.0. The number of hydrogen-bond donors (Lipinski definition) is 3. The van der Waals surface area contributed by atoms with E-state index in [2.05, 4.69) is 25.2 Å². The van der Waals surface area contributed by atoms with Crippen LogP contribution in [0.4, 0.5) is 5.69 Å². The monoisotopic (exact) mass is 693 g/mol. The fourth-order valence-electron chi connectivity index (χ4n) is 9.72. The van der Waals surface area contributed by atoms with Crippen LogP contribution in [0.3, 0.4) is 0 Å². The van der Waals surface area contributed by atoms with Gasteiger partial charge in [0, 0.05) is 23.3 Å². The van der Waals surface area contributed by atoms with Crippen LogP contribution in [0, 0.1) is 34.5 Å². The summed E-state index contributed by atoms with van der Waals surface area (Å²) in [7, 11) is 0. The van der Waals surface area contributed by atoms with Gasteiger partial charge in [0.2, 0.25) is 5.12 Å². The molecule has 8 nitrogen and oxygen atoms in total. The molecule has 10 heteroatoms. The first-order valence-corrected chi connectivity index (χ1v) is 20.1. The Bertz CT molecular complexity index is 1540. The number of hydrogen-bond acceptors (Lipinski definition) is 9. The number of amides is 1. The molecule has 7 atom stereocenters. The van der Waals surface area contributed by atoms with Crippen molar-refractivity contribution >= 4 is 51.9 Å². The quantitative estimate of drug-likeness (QED) is 0.195. The number of esters is 1. The smallest absolute Gasteiger partial charge is 0.309 e. The van der Waals surface area contributed by atoms with Gasteiger partial charge in [0.25, 0.3) is 5.91 Å². The molecule has 0 saturated heterocycles. The Hall–Kier alpha value is -2.56. The minimum Gasteiger partial charge on any atom is -0.449 e. The van der Waals surface area contributed by atoms with Crippen molar-refractivity contribution in [3.63, 3.8) is 0 Å². The predicted octanol–water partition coefficient (Wildman–Crippen LogP) is 6.60. The Balaban J connectivity index is 1.32. The first kappa shape index (κ1) is 35.3. The van der Waals surface area contributed by atoms with E-state index >= 15 is 0 Å². The number of nitrogens with one attached hydrogen (secondary N) is 1. The molecule has 6 rings (SSSR count). The lowest BCUT2D eigenvalue weighted by Crippen LogP contribution is -2.61. The van der Waals surface area contributed by atoms with Crippen LogP contribution in [0.2, 0.25) is 0 Å². The van der Waals surface area contributed by atoms with Crippen molar-refractivity contribution in [1.82, 2.24) is 5.32 Å². The summed E-state index contributed by atoms with van der Waals surface area (Å²) in [5.41, 5.74) is 8.38. The molecule has 0 spiro atoms. The van der Waals surface area contributed by atoms with Gasteiger partial charge in [-0.3, -0.25) is 14.4 Å². The summed E-state index contributed by atoms with van der Waals surface area (Å²) < 4.78 is 6.35. The zero-order chi connectivity index (χ0) is 34.3. The Morgan fingerprint density at radius 2 is 1.98 bits per heavy atom. The van der Waals surface area contributed by atoms with Crippen molar-refractivity contribution < 1.29 is 24.2 Å². The Morgan fingerprint density at radius 3 is 2.69 bits per heavy atom. The van der Waals surface area contributed by atoms with Gasteiger partial charge in [0.05, 0.1) is 23.4 Å². The second-order valence-corrected chi connectivity index (χ2v) is 17.1. The molecular formula is C38H51N3O5S2. The van der Waals surface area contributed by atoms with Crippen molar-refractivity contribution in [2.24, 2.45) is 45.2 Å². The third-order valence-corrected chi connectivity index (χ3v) is 13.7. The number of ether oxygens (including phenoxy) is 1. The standard InChI is InChI=1S/C38H51N3O5S2/c1-5-48-35(45)38(46-34(44)23-12-13-23)15-14-29-28-11-7-9-26-19-30(41-27-10-6-8-24(18-27)33(43)40-16-17-47-4)25(22-39)20-36(26,2)32(28)31(42)21-37(29,38)3/h6,8,10,18-19,22-23,28-29,31-32,42H,5,7,9,11-17,20-21,39H2,1-4H3,(H,40,43). The molecule has 4 fully saturated rings. The van der Waals surface area contributed by atoms with E-state index in [9.17, 15) is 19.5 Å². The number of carbonyl (C=O) groups excluding carboxylic acids is 3. The first-order chi connectivity index (χ1) is 23.0. The largest absolute Gasteiger partial charge is 0.449 e. The molecule has 0 heterocycles. The Kier molecular flexibility index (Phi) is 10.3. The minimum absolute atomic E-state index is 0.0296. The molecule has 0 aromatic heterocycles. The molecule has 48 heavy (non-hydrogen) atoms. The number of aliphatic imine (C=N–C) groups is 1. The molecule has 0 aliphatic heterocycles. The molecule has 5 aliphatic rings. The fourth-order valence-corrected chi connectivity index (χ4v) is 10.9. The van der Waals surface area contributed by atoms with Crippen molar-refractivity contribution in [3.8, 4) is 0 Å². The minimum atomic E-state index is -1.20. The van der Waals surface area contributed by atoms with Crippen LogP contribution in [0.15, 0.2) is 52.7 Å². The van der Waals surface area contributed by atoms with Gasteiger partial charge in [-0.15, -0.1) is 0 Å². The summed E-state index contributed by atoms with van der Waals surface area (Å²) in [6, 6.07) is 7.38. The van der Waals surface area contributed by atoms with E-state index in [0.29, 0.717) is 42.8 Å². The highest BCUT2D eigenvalue weighted by molar-refractivity contribution is 8.13. The molecule has 0 radical (unpaired) electrons. The molecule has 1 aromatic rings. The van der Waals surface area contributed by atoms with E-state index in [1.54, 1.807) is 24.0 Å². The summed E-state index contributed by atoms with van der Waals surface area (Å²) in [5.74, 6) is 1.32. The zero-order valence-electron chi connectivity index (χ0n) is 28.8. The third kappa shape index (κ3) is 6.19. The van der Waals surface area contributed by atoms with Gasteiger partial charge >= 0.3 is 5.97 Å². The second-order valence-electron chi connectivity index (χ2n) is 14.9. The zero-order valence-corrected chi connectivity index (χ0v) is 30.4. The highest BCUT2D eigenvalue weighted by Crippen LogP contribution is 2.68. The molecular weight excluding hydrogens is 643 g/mol. The number of allylic oxidation sites excluding steroid dienone is 3. The molecule has 4 saturated carbocycles. The number of fused-ring (bicyclic) bond motifs is 5. The summed E-state index contributed by atoms with van der Waals surface area (Å²) in [4.78, 5) is 44.9.